The molecule has 1 aliphatic heterocycles. The first kappa shape index (κ1) is 19.1. The third-order valence-electron chi connectivity index (χ3n) is 4.45. The highest BCUT2D eigenvalue weighted by Crippen LogP contribution is 2.21. The maximum absolute atomic E-state index is 11.7. The average molecular weight is 347 g/mol. The molecule has 0 saturated carbocycles. The number of aromatic nitrogens is 2. The van der Waals surface area contributed by atoms with Gasteiger partial charge in [-0.15, -0.1) is 10.2 Å². The number of carbonyl (C=O) groups is 2. The van der Waals surface area contributed by atoms with Crippen molar-refractivity contribution in [1.29, 1.82) is 0 Å². The first-order valence-electron chi connectivity index (χ1n) is 9.04. The van der Waals surface area contributed by atoms with E-state index in [-0.39, 0.29) is 23.7 Å². The molecule has 25 heavy (non-hydrogen) atoms. The van der Waals surface area contributed by atoms with E-state index in [9.17, 15) is 9.59 Å². The van der Waals surface area contributed by atoms with Gasteiger partial charge < -0.3 is 15.5 Å². The van der Waals surface area contributed by atoms with Gasteiger partial charge in [-0.3, -0.25) is 9.59 Å². The highest BCUT2D eigenvalue weighted by atomic mass is 16.2. The topological polar surface area (TPSA) is 87.2 Å². The van der Waals surface area contributed by atoms with Gasteiger partial charge in [0, 0.05) is 31.5 Å². The number of amides is 2. The van der Waals surface area contributed by atoms with Gasteiger partial charge in [-0.1, -0.05) is 27.7 Å². The van der Waals surface area contributed by atoms with Crippen LogP contribution in [0.25, 0.3) is 0 Å². The van der Waals surface area contributed by atoms with E-state index in [1.165, 1.54) is 0 Å². The molecule has 0 spiro atoms. The molecule has 1 aromatic heterocycles. The van der Waals surface area contributed by atoms with Crippen molar-refractivity contribution >= 4 is 23.5 Å². The highest BCUT2D eigenvalue weighted by molar-refractivity contribution is 5.91. The molecule has 2 heterocycles. The molecule has 2 rings (SSSR count). The third kappa shape index (κ3) is 5.69. The molecule has 0 unspecified atom stereocenters. The fourth-order valence-electron chi connectivity index (χ4n) is 2.65. The monoisotopic (exact) mass is 347 g/mol. The summed E-state index contributed by atoms with van der Waals surface area (Å²) in [7, 11) is 0. The van der Waals surface area contributed by atoms with Gasteiger partial charge in [-0.05, 0) is 30.9 Å². The summed E-state index contributed by atoms with van der Waals surface area (Å²) in [5.41, 5.74) is 0. The lowest BCUT2D eigenvalue weighted by molar-refractivity contribution is -0.124. The van der Waals surface area contributed by atoms with Crippen LogP contribution in [-0.2, 0) is 9.59 Å². The summed E-state index contributed by atoms with van der Waals surface area (Å²) in [5, 5.41) is 14.1. The number of rotatable bonds is 6. The smallest absolute Gasteiger partial charge is 0.228 e. The standard InChI is InChI=1S/C18H29N5O2/c1-12(2)17(24)19-11-14-7-9-23(10-8-14)16-6-5-15(21-22-16)20-18(25)13(3)4/h5-6,12-14H,7-11H2,1-4H3,(H,19,24)(H,20,21,25). The van der Waals surface area contributed by atoms with Crippen molar-refractivity contribution in [3.05, 3.63) is 12.1 Å². The van der Waals surface area contributed by atoms with Gasteiger partial charge in [-0.2, -0.15) is 0 Å². The van der Waals surface area contributed by atoms with Crippen LogP contribution in [0.15, 0.2) is 12.1 Å². The molecular formula is C18H29N5O2. The third-order valence-corrected chi connectivity index (χ3v) is 4.45. The zero-order valence-electron chi connectivity index (χ0n) is 15.6. The van der Waals surface area contributed by atoms with Gasteiger partial charge >= 0.3 is 0 Å². The van der Waals surface area contributed by atoms with Crippen molar-refractivity contribution in [3.63, 3.8) is 0 Å². The Morgan fingerprint density at radius 3 is 2.24 bits per heavy atom. The summed E-state index contributed by atoms with van der Waals surface area (Å²) >= 11 is 0. The Bertz CT molecular complexity index is 578. The summed E-state index contributed by atoms with van der Waals surface area (Å²) in [6, 6.07) is 3.68. The van der Waals surface area contributed by atoms with Gasteiger partial charge in [0.05, 0.1) is 0 Å². The molecule has 0 bridgehead atoms. The second kappa shape index (κ2) is 8.78. The molecule has 1 aliphatic rings. The van der Waals surface area contributed by atoms with Gasteiger partial charge in [0.25, 0.3) is 0 Å². The van der Waals surface area contributed by atoms with Crippen LogP contribution in [0.4, 0.5) is 11.6 Å². The van der Waals surface area contributed by atoms with Crippen LogP contribution in [0.5, 0.6) is 0 Å². The van der Waals surface area contributed by atoms with E-state index in [1.54, 1.807) is 6.07 Å². The summed E-state index contributed by atoms with van der Waals surface area (Å²) < 4.78 is 0. The molecule has 0 aliphatic carbocycles. The van der Waals surface area contributed by atoms with E-state index < -0.39 is 0 Å². The Balaban J connectivity index is 1.80. The van der Waals surface area contributed by atoms with Gasteiger partial charge in [0.2, 0.25) is 11.8 Å². The lowest BCUT2D eigenvalue weighted by atomic mass is 9.96. The Hall–Kier alpha value is -2.18. The molecule has 0 atom stereocenters. The quantitative estimate of drug-likeness (QED) is 0.822. The van der Waals surface area contributed by atoms with E-state index in [0.29, 0.717) is 11.7 Å². The minimum atomic E-state index is -0.0864. The number of nitrogens with zero attached hydrogens (tertiary/aromatic N) is 3. The second-order valence-electron chi connectivity index (χ2n) is 7.25. The lowest BCUT2D eigenvalue weighted by Gasteiger charge is -2.32. The molecule has 0 radical (unpaired) electrons. The zero-order valence-corrected chi connectivity index (χ0v) is 15.6. The molecule has 1 fully saturated rings. The largest absolute Gasteiger partial charge is 0.356 e. The second-order valence-corrected chi connectivity index (χ2v) is 7.25. The van der Waals surface area contributed by atoms with E-state index in [2.05, 4.69) is 25.7 Å². The molecule has 0 aromatic carbocycles. The van der Waals surface area contributed by atoms with Crippen molar-refractivity contribution < 1.29 is 9.59 Å². The number of nitrogens with one attached hydrogen (secondary N) is 2. The molecule has 7 heteroatoms. The SMILES string of the molecule is CC(C)C(=O)NCC1CCN(c2ccc(NC(=O)C(C)C)nn2)CC1. The number of piperidine rings is 1. The molecule has 2 N–H and O–H groups in total. The fourth-order valence-corrected chi connectivity index (χ4v) is 2.65. The molecule has 1 saturated heterocycles. The van der Waals surface area contributed by atoms with Crippen LogP contribution in [0.1, 0.15) is 40.5 Å². The van der Waals surface area contributed by atoms with Gasteiger partial charge in [0.1, 0.15) is 0 Å². The summed E-state index contributed by atoms with van der Waals surface area (Å²) in [5.74, 6) is 1.82. The Morgan fingerprint density at radius 2 is 1.72 bits per heavy atom. The van der Waals surface area contributed by atoms with Gasteiger partial charge in [0.15, 0.2) is 11.6 Å². The average Bonchev–Trinajstić information content (AvgIpc) is 2.60. The number of anilines is 2. The molecule has 1 aromatic rings. The van der Waals surface area contributed by atoms with Crippen LogP contribution in [0.3, 0.4) is 0 Å². The maximum Gasteiger partial charge on any atom is 0.228 e. The van der Waals surface area contributed by atoms with Crippen molar-refractivity contribution in [2.24, 2.45) is 17.8 Å². The predicted molar refractivity (Wildman–Crippen MR) is 98.3 cm³/mol. The van der Waals surface area contributed by atoms with Crippen LogP contribution < -0.4 is 15.5 Å². The summed E-state index contributed by atoms with van der Waals surface area (Å²) in [6.07, 6.45) is 2.04. The van der Waals surface area contributed by atoms with E-state index in [1.807, 2.05) is 33.8 Å². The van der Waals surface area contributed by atoms with Crippen LogP contribution in [0.2, 0.25) is 0 Å². The van der Waals surface area contributed by atoms with Crippen LogP contribution in [0, 0.1) is 17.8 Å². The van der Waals surface area contributed by atoms with E-state index >= 15 is 0 Å². The summed E-state index contributed by atoms with van der Waals surface area (Å²) in [6.45, 7) is 10.0. The number of hydrogen-bond acceptors (Lipinski definition) is 5. The van der Waals surface area contributed by atoms with Crippen LogP contribution >= 0.6 is 0 Å². The Kier molecular flexibility index (Phi) is 6.73. The first-order valence-corrected chi connectivity index (χ1v) is 9.04. The molecule has 7 nitrogen and oxygen atoms in total. The van der Waals surface area contributed by atoms with Crippen molar-refractivity contribution in [2.45, 2.75) is 40.5 Å². The maximum atomic E-state index is 11.7. The van der Waals surface area contributed by atoms with Crippen LogP contribution in [-0.4, -0.2) is 41.6 Å². The minimum absolute atomic E-state index is 0.0325. The van der Waals surface area contributed by atoms with Gasteiger partial charge in [-0.25, -0.2) is 0 Å². The minimum Gasteiger partial charge on any atom is -0.356 e. The fraction of sp³-hybridized carbons (Fsp3) is 0.667. The molecule has 138 valence electrons. The van der Waals surface area contributed by atoms with Crippen molar-refractivity contribution in [1.82, 2.24) is 15.5 Å². The Morgan fingerprint density at radius 1 is 1.08 bits per heavy atom. The Labute approximate surface area is 149 Å². The number of hydrogen-bond donors (Lipinski definition) is 2. The lowest BCUT2D eigenvalue weighted by Crippen LogP contribution is -2.40. The van der Waals surface area contributed by atoms with E-state index in [4.69, 9.17) is 0 Å². The van der Waals surface area contributed by atoms with Crippen molar-refractivity contribution in [2.75, 3.05) is 29.9 Å². The first-order chi connectivity index (χ1) is 11.9. The molecular weight excluding hydrogens is 318 g/mol. The van der Waals surface area contributed by atoms with Crippen molar-refractivity contribution in [3.8, 4) is 0 Å². The summed E-state index contributed by atoms with van der Waals surface area (Å²) in [4.78, 5) is 25.5. The zero-order chi connectivity index (χ0) is 18.4. The highest BCUT2D eigenvalue weighted by Gasteiger charge is 2.21. The molecule has 2 amide bonds. The van der Waals surface area contributed by atoms with E-state index in [0.717, 1.165) is 38.3 Å². The predicted octanol–water partition coefficient (Wildman–Crippen LogP) is 2.06. The number of carbonyl (C=O) groups excluding carboxylic acids is 2. The normalized spacial score (nSPS) is 15.5.